The number of rotatable bonds is 9. The molecule has 1 aromatic heterocycles. The summed E-state index contributed by atoms with van der Waals surface area (Å²) in [7, 11) is 0. The summed E-state index contributed by atoms with van der Waals surface area (Å²) in [6.07, 6.45) is 2.72. The molecule has 2 amide bonds. The van der Waals surface area contributed by atoms with Crippen LogP contribution in [-0.2, 0) is 22.7 Å². The normalized spacial score (nSPS) is 11.3. The lowest BCUT2D eigenvalue weighted by molar-refractivity contribution is -0.142. The minimum absolute atomic E-state index is 0.0185. The molecule has 5 nitrogen and oxygen atoms in total. The predicted octanol–water partition coefficient (Wildman–Crippen LogP) is 4.62. The largest absolute Gasteiger partial charge is 0.467 e. The van der Waals surface area contributed by atoms with E-state index >= 15 is 0 Å². The van der Waals surface area contributed by atoms with Crippen LogP contribution >= 0.6 is 0 Å². The third-order valence-electron chi connectivity index (χ3n) is 4.42. The first-order valence-corrected chi connectivity index (χ1v) is 10.0. The molecule has 0 saturated heterocycles. The van der Waals surface area contributed by atoms with E-state index in [0.29, 0.717) is 25.3 Å². The highest BCUT2D eigenvalue weighted by molar-refractivity contribution is 5.85. The summed E-state index contributed by atoms with van der Waals surface area (Å²) < 4.78 is 18.6. The Balaban J connectivity index is 2.15. The van der Waals surface area contributed by atoms with Crippen molar-refractivity contribution >= 4 is 11.8 Å². The highest BCUT2D eigenvalue weighted by Crippen LogP contribution is 2.20. The molecule has 0 radical (unpaired) electrons. The molecule has 0 bridgehead atoms. The summed E-state index contributed by atoms with van der Waals surface area (Å²) in [6, 6.07) is 9.65. The van der Waals surface area contributed by atoms with Gasteiger partial charge in [0.05, 0.1) is 19.4 Å². The van der Waals surface area contributed by atoms with E-state index in [-0.39, 0.29) is 36.1 Å². The van der Waals surface area contributed by atoms with Crippen LogP contribution in [0.2, 0.25) is 0 Å². The van der Waals surface area contributed by atoms with Crippen LogP contribution in [-0.4, -0.2) is 34.7 Å². The van der Waals surface area contributed by atoms with Gasteiger partial charge in [0.25, 0.3) is 0 Å². The molecular weight excluding hydrogens is 371 g/mol. The van der Waals surface area contributed by atoms with Gasteiger partial charge in [-0.3, -0.25) is 9.59 Å². The summed E-state index contributed by atoms with van der Waals surface area (Å²) >= 11 is 0. The lowest BCUT2D eigenvalue weighted by atomic mass is 9.91. The zero-order chi connectivity index (χ0) is 21.4. The molecule has 2 aromatic rings. The highest BCUT2D eigenvalue weighted by atomic mass is 19.1. The molecule has 1 heterocycles. The molecule has 0 aliphatic rings. The molecule has 158 valence electrons. The zero-order valence-corrected chi connectivity index (χ0v) is 17.8. The van der Waals surface area contributed by atoms with Gasteiger partial charge in [-0.25, -0.2) is 4.39 Å². The van der Waals surface area contributed by atoms with Crippen molar-refractivity contribution in [3.8, 4) is 0 Å². The number of hydrogen-bond donors (Lipinski definition) is 0. The third kappa shape index (κ3) is 7.72. The molecule has 0 N–H and O–H groups in total. The summed E-state index contributed by atoms with van der Waals surface area (Å²) in [5.74, 6) is 0.150. The molecule has 0 atom stereocenters. The van der Waals surface area contributed by atoms with E-state index in [2.05, 4.69) is 0 Å². The van der Waals surface area contributed by atoms with Crippen LogP contribution in [0.3, 0.4) is 0 Å². The standard InChI is InChI=1S/C23H31FN2O3/c1-5-12-25(21(27)14-23(2,3)4)17-22(28)26(16-20-7-6-13-29-20)15-18-8-10-19(24)11-9-18/h6-11,13H,5,12,14-17H2,1-4H3. The van der Waals surface area contributed by atoms with E-state index in [1.807, 2.05) is 27.7 Å². The predicted molar refractivity (Wildman–Crippen MR) is 110 cm³/mol. The van der Waals surface area contributed by atoms with Gasteiger partial charge in [0.2, 0.25) is 11.8 Å². The first-order chi connectivity index (χ1) is 13.7. The maximum Gasteiger partial charge on any atom is 0.242 e. The van der Waals surface area contributed by atoms with Crippen molar-refractivity contribution in [1.29, 1.82) is 0 Å². The molecule has 6 heteroatoms. The Morgan fingerprint density at radius 1 is 1.00 bits per heavy atom. The van der Waals surface area contributed by atoms with Gasteiger partial charge >= 0.3 is 0 Å². The Morgan fingerprint density at radius 3 is 2.24 bits per heavy atom. The number of carbonyl (C=O) groups is 2. The Kier molecular flexibility index (Phi) is 8.00. The molecule has 1 aromatic carbocycles. The summed E-state index contributed by atoms with van der Waals surface area (Å²) in [6.45, 7) is 9.17. The SMILES string of the molecule is CCCN(CC(=O)N(Cc1ccc(F)cc1)Cc1ccco1)C(=O)CC(C)(C)C. The molecule has 0 unspecified atom stereocenters. The number of nitrogens with zero attached hydrogens (tertiary/aromatic N) is 2. The van der Waals surface area contributed by atoms with Gasteiger partial charge in [-0.2, -0.15) is 0 Å². The fourth-order valence-corrected chi connectivity index (χ4v) is 3.02. The first kappa shape index (κ1) is 22.7. The number of halogens is 1. The number of benzene rings is 1. The van der Waals surface area contributed by atoms with Gasteiger partial charge in [-0.05, 0) is 41.7 Å². The number of carbonyl (C=O) groups excluding carboxylic acids is 2. The Bertz CT molecular complexity index is 779. The van der Waals surface area contributed by atoms with Crippen molar-refractivity contribution in [3.05, 3.63) is 59.8 Å². The lowest BCUT2D eigenvalue weighted by Gasteiger charge is -2.29. The second-order valence-electron chi connectivity index (χ2n) is 8.51. The van der Waals surface area contributed by atoms with Crippen molar-refractivity contribution in [2.45, 2.75) is 53.6 Å². The monoisotopic (exact) mass is 402 g/mol. The van der Waals surface area contributed by atoms with Crippen LogP contribution < -0.4 is 0 Å². The minimum atomic E-state index is -0.320. The van der Waals surface area contributed by atoms with E-state index in [0.717, 1.165) is 12.0 Å². The average Bonchev–Trinajstić information content (AvgIpc) is 3.14. The van der Waals surface area contributed by atoms with Gasteiger partial charge in [0.15, 0.2) is 0 Å². The van der Waals surface area contributed by atoms with Crippen LogP contribution in [0.15, 0.2) is 47.1 Å². The molecule has 0 aliphatic carbocycles. The van der Waals surface area contributed by atoms with Crippen molar-refractivity contribution in [2.75, 3.05) is 13.1 Å². The molecule has 29 heavy (non-hydrogen) atoms. The van der Waals surface area contributed by atoms with Crippen molar-refractivity contribution < 1.29 is 18.4 Å². The number of hydrogen-bond acceptors (Lipinski definition) is 3. The van der Waals surface area contributed by atoms with Gasteiger partial charge < -0.3 is 14.2 Å². The van der Waals surface area contributed by atoms with Gasteiger partial charge in [-0.1, -0.05) is 39.8 Å². The maximum atomic E-state index is 13.2. The molecule has 2 rings (SSSR count). The van der Waals surface area contributed by atoms with E-state index in [1.54, 1.807) is 40.3 Å². The summed E-state index contributed by atoms with van der Waals surface area (Å²) in [5.41, 5.74) is 0.669. The van der Waals surface area contributed by atoms with Crippen molar-refractivity contribution in [1.82, 2.24) is 9.80 Å². The van der Waals surface area contributed by atoms with Crippen LogP contribution in [0, 0.1) is 11.2 Å². The van der Waals surface area contributed by atoms with E-state index in [1.165, 1.54) is 12.1 Å². The van der Waals surface area contributed by atoms with Gasteiger partial charge in [0, 0.05) is 19.5 Å². The second-order valence-corrected chi connectivity index (χ2v) is 8.51. The van der Waals surface area contributed by atoms with Gasteiger partial charge in [-0.15, -0.1) is 0 Å². The van der Waals surface area contributed by atoms with Crippen LogP contribution in [0.4, 0.5) is 4.39 Å². The minimum Gasteiger partial charge on any atom is -0.467 e. The first-order valence-electron chi connectivity index (χ1n) is 10.0. The molecule has 0 fully saturated rings. The fraction of sp³-hybridized carbons (Fsp3) is 0.478. The zero-order valence-electron chi connectivity index (χ0n) is 17.8. The van der Waals surface area contributed by atoms with E-state index in [4.69, 9.17) is 4.42 Å². The number of amides is 2. The van der Waals surface area contributed by atoms with E-state index in [9.17, 15) is 14.0 Å². The van der Waals surface area contributed by atoms with Gasteiger partial charge in [0.1, 0.15) is 11.6 Å². The van der Waals surface area contributed by atoms with E-state index < -0.39 is 0 Å². The fourth-order valence-electron chi connectivity index (χ4n) is 3.02. The third-order valence-corrected chi connectivity index (χ3v) is 4.42. The van der Waals surface area contributed by atoms with Crippen molar-refractivity contribution in [3.63, 3.8) is 0 Å². The lowest BCUT2D eigenvalue weighted by Crippen LogP contribution is -2.43. The Labute approximate surface area is 172 Å². The summed E-state index contributed by atoms with van der Waals surface area (Å²) in [4.78, 5) is 29.1. The second kappa shape index (κ2) is 10.2. The Hall–Kier alpha value is -2.63. The Morgan fingerprint density at radius 2 is 1.69 bits per heavy atom. The molecule has 0 saturated carbocycles. The van der Waals surface area contributed by atoms with Crippen LogP contribution in [0.1, 0.15) is 51.9 Å². The average molecular weight is 403 g/mol. The highest BCUT2D eigenvalue weighted by Gasteiger charge is 2.25. The molecule has 0 spiro atoms. The molecule has 0 aliphatic heterocycles. The van der Waals surface area contributed by atoms with Crippen LogP contribution in [0.5, 0.6) is 0 Å². The number of furan rings is 1. The maximum absolute atomic E-state index is 13.2. The smallest absolute Gasteiger partial charge is 0.242 e. The van der Waals surface area contributed by atoms with Crippen molar-refractivity contribution in [2.24, 2.45) is 5.41 Å². The summed E-state index contributed by atoms with van der Waals surface area (Å²) in [5, 5.41) is 0. The quantitative estimate of drug-likeness (QED) is 0.615. The topological polar surface area (TPSA) is 53.8 Å². The van der Waals surface area contributed by atoms with Crippen LogP contribution in [0.25, 0.3) is 0 Å². The molecular formula is C23H31FN2O3.